The molecule has 2 aromatic rings. The average molecular weight is 255 g/mol. The van der Waals surface area contributed by atoms with Crippen molar-refractivity contribution in [1.29, 1.82) is 0 Å². The van der Waals surface area contributed by atoms with Crippen LogP contribution in [0, 0.1) is 5.92 Å². The second-order valence-electron chi connectivity index (χ2n) is 5.29. The number of carboxylic acids is 1. The molecular formula is C16H17NO2. The fraction of sp³-hybridized carbons (Fsp3) is 0.312. The lowest BCUT2D eigenvalue weighted by molar-refractivity contribution is 0.0691. The zero-order chi connectivity index (χ0) is 13.2. The second kappa shape index (κ2) is 4.92. The summed E-state index contributed by atoms with van der Waals surface area (Å²) in [6.45, 7) is 0. The van der Waals surface area contributed by atoms with Crippen LogP contribution in [0.5, 0.6) is 0 Å². The Bertz CT molecular complexity index is 586. The van der Waals surface area contributed by atoms with E-state index in [-0.39, 0.29) is 0 Å². The highest BCUT2D eigenvalue weighted by atomic mass is 16.4. The van der Waals surface area contributed by atoms with Gasteiger partial charge in [-0.05, 0) is 48.8 Å². The molecule has 19 heavy (non-hydrogen) atoms. The van der Waals surface area contributed by atoms with Gasteiger partial charge in [0.25, 0.3) is 0 Å². The van der Waals surface area contributed by atoms with Crippen LogP contribution in [0.1, 0.15) is 33.7 Å². The SMILES string of the molecule is O=C(O)c1cc2c([nH]1)CCC(Cc1ccccc1)C2. The summed E-state index contributed by atoms with van der Waals surface area (Å²) < 4.78 is 0. The fourth-order valence-electron chi connectivity index (χ4n) is 2.94. The summed E-state index contributed by atoms with van der Waals surface area (Å²) in [7, 11) is 0. The van der Waals surface area contributed by atoms with Crippen molar-refractivity contribution >= 4 is 5.97 Å². The molecule has 1 aliphatic carbocycles. The number of carbonyl (C=O) groups is 1. The molecule has 0 radical (unpaired) electrons. The highest BCUT2D eigenvalue weighted by Gasteiger charge is 2.22. The monoisotopic (exact) mass is 255 g/mol. The van der Waals surface area contributed by atoms with Gasteiger partial charge >= 0.3 is 5.97 Å². The van der Waals surface area contributed by atoms with Gasteiger partial charge in [-0.3, -0.25) is 0 Å². The Balaban J connectivity index is 1.73. The molecule has 1 heterocycles. The number of aromatic carboxylic acids is 1. The minimum Gasteiger partial charge on any atom is -0.477 e. The Morgan fingerprint density at radius 2 is 2.11 bits per heavy atom. The molecule has 0 amide bonds. The highest BCUT2D eigenvalue weighted by Crippen LogP contribution is 2.28. The van der Waals surface area contributed by atoms with E-state index in [1.165, 1.54) is 11.1 Å². The molecule has 3 nitrogen and oxygen atoms in total. The van der Waals surface area contributed by atoms with E-state index in [2.05, 4.69) is 29.2 Å². The predicted octanol–water partition coefficient (Wildman–Crippen LogP) is 3.06. The molecule has 0 fully saturated rings. The Morgan fingerprint density at radius 3 is 2.84 bits per heavy atom. The molecule has 2 N–H and O–H groups in total. The average Bonchev–Trinajstić information content (AvgIpc) is 2.83. The number of carboxylic acid groups (broad SMARTS) is 1. The molecule has 0 spiro atoms. The molecule has 1 aromatic heterocycles. The van der Waals surface area contributed by atoms with Crippen molar-refractivity contribution in [1.82, 2.24) is 4.98 Å². The first-order chi connectivity index (χ1) is 9.22. The number of fused-ring (bicyclic) bond motifs is 1. The van der Waals surface area contributed by atoms with Crippen LogP contribution in [0.2, 0.25) is 0 Å². The molecule has 1 aliphatic rings. The summed E-state index contributed by atoms with van der Waals surface area (Å²) in [6, 6.07) is 12.3. The Kier molecular flexibility index (Phi) is 3.11. The standard InChI is InChI=1S/C16H17NO2/c18-16(19)15-10-13-9-12(6-7-14(13)17-15)8-11-4-2-1-3-5-11/h1-5,10,12,17H,6-9H2,(H,18,19). The lowest BCUT2D eigenvalue weighted by Crippen LogP contribution is -2.15. The number of aryl methyl sites for hydroxylation is 1. The molecule has 3 rings (SSSR count). The number of hydrogen-bond acceptors (Lipinski definition) is 1. The van der Waals surface area contributed by atoms with E-state index in [0.717, 1.165) is 31.4 Å². The van der Waals surface area contributed by atoms with Gasteiger partial charge in [-0.15, -0.1) is 0 Å². The molecule has 0 bridgehead atoms. The molecular weight excluding hydrogens is 238 g/mol. The van der Waals surface area contributed by atoms with Crippen LogP contribution in [-0.4, -0.2) is 16.1 Å². The zero-order valence-corrected chi connectivity index (χ0v) is 10.7. The molecule has 0 saturated heterocycles. The summed E-state index contributed by atoms with van der Waals surface area (Å²) >= 11 is 0. The van der Waals surface area contributed by atoms with E-state index < -0.39 is 5.97 Å². The Hall–Kier alpha value is -2.03. The lowest BCUT2D eigenvalue weighted by Gasteiger charge is -2.22. The molecule has 0 aliphatic heterocycles. The quantitative estimate of drug-likeness (QED) is 0.885. The van der Waals surface area contributed by atoms with Crippen LogP contribution in [0.25, 0.3) is 0 Å². The third-order valence-corrected chi connectivity index (χ3v) is 3.90. The summed E-state index contributed by atoms with van der Waals surface area (Å²) in [6.07, 6.45) is 4.14. The number of rotatable bonds is 3. The maximum Gasteiger partial charge on any atom is 0.352 e. The maximum absolute atomic E-state index is 11.0. The van der Waals surface area contributed by atoms with Crippen LogP contribution >= 0.6 is 0 Å². The summed E-state index contributed by atoms with van der Waals surface area (Å²) in [5, 5.41) is 9.00. The van der Waals surface area contributed by atoms with Gasteiger partial charge in [0.05, 0.1) is 0 Å². The van der Waals surface area contributed by atoms with Crippen LogP contribution < -0.4 is 0 Å². The zero-order valence-electron chi connectivity index (χ0n) is 10.7. The Morgan fingerprint density at radius 1 is 1.32 bits per heavy atom. The number of aromatic nitrogens is 1. The molecule has 3 heteroatoms. The lowest BCUT2D eigenvalue weighted by atomic mass is 9.84. The van der Waals surface area contributed by atoms with Gasteiger partial charge in [-0.1, -0.05) is 30.3 Å². The van der Waals surface area contributed by atoms with Gasteiger partial charge in [0.15, 0.2) is 0 Å². The van der Waals surface area contributed by atoms with E-state index in [9.17, 15) is 4.79 Å². The van der Waals surface area contributed by atoms with Crippen LogP contribution in [0.15, 0.2) is 36.4 Å². The van der Waals surface area contributed by atoms with E-state index in [1.807, 2.05) is 6.07 Å². The van der Waals surface area contributed by atoms with Gasteiger partial charge in [-0.25, -0.2) is 4.79 Å². The second-order valence-corrected chi connectivity index (χ2v) is 5.29. The number of H-pyrrole nitrogens is 1. The third kappa shape index (κ3) is 2.55. The first-order valence-corrected chi connectivity index (χ1v) is 6.70. The molecule has 1 unspecified atom stereocenters. The number of aromatic amines is 1. The largest absolute Gasteiger partial charge is 0.477 e. The molecule has 98 valence electrons. The van der Waals surface area contributed by atoms with Crippen LogP contribution in [0.3, 0.4) is 0 Å². The first kappa shape index (κ1) is 12.0. The highest BCUT2D eigenvalue weighted by molar-refractivity contribution is 5.86. The van der Waals surface area contributed by atoms with E-state index in [1.54, 1.807) is 6.07 Å². The van der Waals surface area contributed by atoms with E-state index >= 15 is 0 Å². The van der Waals surface area contributed by atoms with Crippen molar-refractivity contribution in [3.05, 3.63) is 58.9 Å². The van der Waals surface area contributed by atoms with Gasteiger partial charge in [0.1, 0.15) is 5.69 Å². The van der Waals surface area contributed by atoms with Crippen molar-refractivity contribution in [2.75, 3.05) is 0 Å². The topological polar surface area (TPSA) is 53.1 Å². The minimum absolute atomic E-state index is 0.324. The van der Waals surface area contributed by atoms with Crippen LogP contribution in [0.4, 0.5) is 0 Å². The molecule has 1 atom stereocenters. The molecule has 1 aromatic carbocycles. The maximum atomic E-state index is 11.0. The van der Waals surface area contributed by atoms with Crippen LogP contribution in [-0.2, 0) is 19.3 Å². The number of hydrogen-bond donors (Lipinski definition) is 2. The normalized spacial score (nSPS) is 18.0. The van der Waals surface area contributed by atoms with Gasteiger partial charge in [0.2, 0.25) is 0 Å². The van der Waals surface area contributed by atoms with Gasteiger partial charge < -0.3 is 10.1 Å². The number of nitrogens with one attached hydrogen (secondary N) is 1. The Labute approximate surface area is 112 Å². The summed E-state index contributed by atoms with van der Waals surface area (Å²) in [5.41, 5.74) is 3.99. The van der Waals surface area contributed by atoms with Crippen molar-refractivity contribution in [2.24, 2.45) is 5.92 Å². The fourth-order valence-corrected chi connectivity index (χ4v) is 2.94. The first-order valence-electron chi connectivity index (χ1n) is 6.70. The summed E-state index contributed by atoms with van der Waals surface area (Å²) in [5.74, 6) is -0.249. The summed E-state index contributed by atoms with van der Waals surface area (Å²) in [4.78, 5) is 14.0. The van der Waals surface area contributed by atoms with Crippen molar-refractivity contribution < 1.29 is 9.90 Å². The number of benzene rings is 1. The van der Waals surface area contributed by atoms with Crippen molar-refractivity contribution in [2.45, 2.75) is 25.7 Å². The third-order valence-electron chi connectivity index (χ3n) is 3.90. The smallest absolute Gasteiger partial charge is 0.352 e. The van der Waals surface area contributed by atoms with E-state index in [0.29, 0.717) is 11.6 Å². The van der Waals surface area contributed by atoms with Crippen molar-refractivity contribution in [3.8, 4) is 0 Å². The van der Waals surface area contributed by atoms with E-state index in [4.69, 9.17) is 5.11 Å². The van der Waals surface area contributed by atoms with Gasteiger partial charge in [-0.2, -0.15) is 0 Å². The van der Waals surface area contributed by atoms with Gasteiger partial charge in [0, 0.05) is 5.69 Å². The predicted molar refractivity (Wildman–Crippen MR) is 73.4 cm³/mol. The van der Waals surface area contributed by atoms with Crippen molar-refractivity contribution in [3.63, 3.8) is 0 Å². The molecule has 0 saturated carbocycles. The minimum atomic E-state index is -0.867.